The Bertz CT molecular complexity index is 857. The predicted molar refractivity (Wildman–Crippen MR) is 91.1 cm³/mol. The van der Waals surface area contributed by atoms with Gasteiger partial charge in [0.2, 0.25) is 0 Å². The van der Waals surface area contributed by atoms with E-state index in [1.807, 2.05) is 44.2 Å². The van der Waals surface area contributed by atoms with Crippen LogP contribution in [-0.4, -0.2) is 16.1 Å². The molecule has 0 aliphatic heterocycles. The van der Waals surface area contributed by atoms with Crippen molar-refractivity contribution in [3.63, 3.8) is 0 Å². The number of rotatable bonds is 5. The van der Waals surface area contributed by atoms with Gasteiger partial charge >= 0.3 is 0 Å². The number of amides is 1. The van der Waals surface area contributed by atoms with Crippen LogP contribution < -0.4 is 10.6 Å². The molecule has 1 amide bonds. The number of carbonyl (C=O) groups excluding carboxylic acids is 1. The number of nitrogens with one attached hydrogen (secondary N) is 2. The lowest BCUT2D eigenvalue weighted by molar-refractivity contribution is 0.0948. The molecule has 0 saturated heterocycles. The zero-order valence-corrected chi connectivity index (χ0v) is 13.5. The van der Waals surface area contributed by atoms with Gasteiger partial charge in [0.25, 0.3) is 5.91 Å². The van der Waals surface area contributed by atoms with Gasteiger partial charge in [-0.1, -0.05) is 6.07 Å². The first-order chi connectivity index (χ1) is 11.6. The van der Waals surface area contributed by atoms with E-state index in [4.69, 9.17) is 4.42 Å². The topological polar surface area (TPSA) is 80.0 Å². The third-order valence-electron chi connectivity index (χ3n) is 3.53. The SMILES string of the molecule is Cc1ccc(CNC(=O)c2cccc(Nc3nnccc3C)c2)o1. The standard InChI is InChI=1S/C18H18N4O2/c1-12-8-9-20-22-17(12)21-15-5-3-4-14(10-15)18(23)19-11-16-7-6-13(2)24-16/h3-10H,11H2,1-2H3,(H,19,23)(H,21,22). The summed E-state index contributed by atoms with van der Waals surface area (Å²) < 4.78 is 5.44. The van der Waals surface area contributed by atoms with E-state index in [-0.39, 0.29) is 5.91 Å². The first kappa shape index (κ1) is 15.7. The van der Waals surface area contributed by atoms with Crippen molar-refractivity contribution in [1.82, 2.24) is 15.5 Å². The lowest BCUT2D eigenvalue weighted by Gasteiger charge is -2.09. The maximum atomic E-state index is 12.3. The molecule has 2 N–H and O–H groups in total. The molecule has 2 aromatic heterocycles. The lowest BCUT2D eigenvalue weighted by atomic mass is 10.2. The van der Waals surface area contributed by atoms with Gasteiger partial charge in [-0.05, 0) is 55.8 Å². The highest BCUT2D eigenvalue weighted by atomic mass is 16.3. The molecule has 3 aromatic rings. The van der Waals surface area contributed by atoms with Gasteiger partial charge in [0, 0.05) is 11.3 Å². The Morgan fingerprint density at radius 1 is 1.17 bits per heavy atom. The van der Waals surface area contributed by atoms with Crippen molar-refractivity contribution in [2.24, 2.45) is 0 Å². The molecule has 0 radical (unpaired) electrons. The number of furan rings is 1. The van der Waals surface area contributed by atoms with Gasteiger partial charge in [-0.3, -0.25) is 4.79 Å². The van der Waals surface area contributed by atoms with Crippen LogP contribution in [0.4, 0.5) is 11.5 Å². The first-order valence-corrected chi connectivity index (χ1v) is 7.61. The number of hydrogen-bond acceptors (Lipinski definition) is 5. The molecule has 0 fully saturated rings. The summed E-state index contributed by atoms with van der Waals surface area (Å²) in [5.74, 6) is 2.06. The molecule has 6 nitrogen and oxygen atoms in total. The van der Waals surface area contributed by atoms with Gasteiger partial charge in [-0.25, -0.2) is 0 Å². The van der Waals surface area contributed by atoms with Crippen LogP contribution in [0.2, 0.25) is 0 Å². The van der Waals surface area contributed by atoms with Crippen molar-refractivity contribution in [1.29, 1.82) is 0 Å². The molecule has 122 valence electrons. The van der Waals surface area contributed by atoms with Crippen LogP contribution in [0, 0.1) is 13.8 Å². The summed E-state index contributed by atoms with van der Waals surface area (Å²) >= 11 is 0. The molecular formula is C18H18N4O2. The number of aromatic nitrogens is 2. The highest BCUT2D eigenvalue weighted by molar-refractivity contribution is 5.95. The first-order valence-electron chi connectivity index (χ1n) is 7.61. The molecule has 0 saturated carbocycles. The molecule has 3 rings (SSSR count). The summed E-state index contributed by atoms with van der Waals surface area (Å²) in [6.45, 7) is 4.17. The molecule has 24 heavy (non-hydrogen) atoms. The van der Waals surface area contributed by atoms with Gasteiger partial charge in [-0.15, -0.1) is 5.10 Å². The van der Waals surface area contributed by atoms with Crippen molar-refractivity contribution >= 4 is 17.4 Å². The molecule has 1 aromatic carbocycles. The molecule has 0 atom stereocenters. The predicted octanol–water partition coefficient (Wildman–Crippen LogP) is 3.36. The Hall–Kier alpha value is -3.15. The number of hydrogen-bond donors (Lipinski definition) is 2. The molecule has 0 bridgehead atoms. The van der Waals surface area contributed by atoms with Crippen molar-refractivity contribution in [2.75, 3.05) is 5.32 Å². The monoisotopic (exact) mass is 322 g/mol. The van der Waals surface area contributed by atoms with Crippen LogP contribution in [-0.2, 0) is 6.54 Å². The molecule has 2 heterocycles. The Morgan fingerprint density at radius 2 is 2.04 bits per heavy atom. The Labute approximate surface area is 139 Å². The Morgan fingerprint density at radius 3 is 2.79 bits per heavy atom. The van der Waals surface area contributed by atoms with Crippen LogP contribution in [0.15, 0.2) is 53.1 Å². The van der Waals surface area contributed by atoms with Crippen LogP contribution in [0.5, 0.6) is 0 Å². The Balaban J connectivity index is 1.68. The normalized spacial score (nSPS) is 10.4. The summed E-state index contributed by atoms with van der Waals surface area (Å²) in [7, 11) is 0. The summed E-state index contributed by atoms with van der Waals surface area (Å²) in [4.78, 5) is 12.3. The molecule has 0 spiro atoms. The van der Waals surface area contributed by atoms with Gasteiger partial charge in [0.1, 0.15) is 11.5 Å². The summed E-state index contributed by atoms with van der Waals surface area (Å²) in [5.41, 5.74) is 2.32. The van der Waals surface area contributed by atoms with Crippen LogP contribution in [0.25, 0.3) is 0 Å². The highest BCUT2D eigenvalue weighted by Crippen LogP contribution is 2.18. The quantitative estimate of drug-likeness (QED) is 0.753. The second kappa shape index (κ2) is 6.95. The maximum absolute atomic E-state index is 12.3. The van der Waals surface area contributed by atoms with Crippen LogP contribution in [0.3, 0.4) is 0 Å². The smallest absolute Gasteiger partial charge is 0.251 e. The molecule has 0 aliphatic carbocycles. The van der Waals surface area contributed by atoms with E-state index in [1.165, 1.54) is 0 Å². The third kappa shape index (κ3) is 3.78. The van der Waals surface area contributed by atoms with E-state index in [0.717, 1.165) is 22.8 Å². The van der Waals surface area contributed by atoms with Crippen molar-refractivity contribution in [3.05, 3.63) is 71.3 Å². The summed E-state index contributed by atoms with van der Waals surface area (Å²) in [6, 6.07) is 12.8. The van der Waals surface area contributed by atoms with Gasteiger partial charge in [0.05, 0.1) is 12.7 Å². The number of aryl methyl sites for hydroxylation is 2. The minimum absolute atomic E-state index is 0.163. The largest absolute Gasteiger partial charge is 0.465 e. The van der Waals surface area contributed by atoms with Gasteiger partial charge in [-0.2, -0.15) is 5.10 Å². The number of anilines is 2. The third-order valence-corrected chi connectivity index (χ3v) is 3.53. The van der Waals surface area contributed by atoms with E-state index in [1.54, 1.807) is 18.3 Å². The van der Waals surface area contributed by atoms with Gasteiger partial charge in [0.15, 0.2) is 5.82 Å². The van der Waals surface area contributed by atoms with E-state index in [2.05, 4.69) is 20.8 Å². The maximum Gasteiger partial charge on any atom is 0.251 e. The number of nitrogens with zero attached hydrogens (tertiary/aromatic N) is 2. The molecule has 0 unspecified atom stereocenters. The minimum Gasteiger partial charge on any atom is -0.465 e. The van der Waals surface area contributed by atoms with E-state index in [0.29, 0.717) is 17.9 Å². The lowest BCUT2D eigenvalue weighted by Crippen LogP contribution is -2.22. The fraction of sp³-hybridized carbons (Fsp3) is 0.167. The minimum atomic E-state index is -0.163. The van der Waals surface area contributed by atoms with Crippen LogP contribution >= 0.6 is 0 Å². The zero-order valence-electron chi connectivity index (χ0n) is 13.5. The highest BCUT2D eigenvalue weighted by Gasteiger charge is 2.08. The van der Waals surface area contributed by atoms with Gasteiger partial charge < -0.3 is 15.1 Å². The average Bonchev–Trinajstić information content (AvgIpc) is 3.00. The summed E-state index contributed by atoms with van der Waals surface area (Å²) in [5, 5.41) is 13.9. The van der Waals surface area contributed by atoms with Crippen molar-refractivity contribution in [3.8, 4) is 0 Å². The second-order valence-corrected chi connectivity index (χ2v) is 5.46. The fourth-order valence-electron chi connectivity index (χ4n) is 2.24. The second-order valence-electron chi connectivity index (χ2n) is 5.46. The van der Waals surface area contributed by atoms with E-state index >= 15 is 0 Å². The number of benzene rings is 1. The molecule has 6 heteroatoms. The van der Waals surface area contributed by atoms with E-state index in [9.17, 15) is 4.79 Å². The van der Waals surface area contributed by atoms with E-state index < -0.39 is 0 Å². The fourth-order valence-corrected chi connectivity index (χ4v) is 2.24. The average molecular weight is 322 g/mol. The molecular weight excluding hydrogens is 304 g/mol. The van der Waals surface area contributed by atoms with Crippen LogP contribution in [0.1, 0.15) is 27.4 Å². The summed E-state index contributed by atoms with van der Waals surface area (Å²) in [6.07, 6.45) is 1.64. The number of carbonyl (C=O) groups is 1. The molecule has 0 aliphatic rings. The Kier molecular flexibility index (Phi) is 4.56. The van der Waals surface area contributed by atoms with Crippen molar-refractivity contribution in [2.45, 2.75) is 20.4 Å². The zero-order chi connectivity index (χ0) is 16.9. The van der Waals surface area contributed by atoms with Crippen molar-refractivity contribution < 1.29 is 9.21 Å².